The molecule has 1 heteroatoms. The fourth-order valence-electron chi connectivity index (χ4n) is 3.61. The molecule has 0 atom stereocenters. The Kier molecular flexibility index (Phi) is 2.89. The molecular weight excluding hydrogens is 278 g/mol. The van der Waals surface area contributed by atoms with Gasteiger partial charge in [-0.15, -0.1) is 0 Å². The summed E-state index contributed by atoms with van der Waals surface area (Å²) in [5.41, 5.74) is 8.28. The van der Waals surface area contributed by atoms with Gasteiger partial charge in [-0.3, -0.25) is 0 Å². The van der Waals surface area contributed by atoms with Crippen molar-refractivity contribution in [1.29, 1.82) is 0 Å². The number of nitrogens with zero attached hydrogens (tertiary/aromatic N) is 1. The van der Waals surface area contributed by atoms with Crippen LogP contribution >= 0.6 is 0 Å². The second-order valence-corrected chi connectivity index (χ2v) is 6.59. The van der Waals surface area contributed by atoms with Crippen molar-refractivity contribution in [3.63, 3.8) is 0 Å². The monoisotopic (exact) mass is 295 g/mol. The van der Waals surface area contributed by atoms with Gasteiger partial charge in [-0.2, -0.15) is 0 Å². The number of fused-ring (bicyclic) bond motifs is 3. The maximum atomic E-state index is 7.27. The van der Waals surface area contributed by atoms with Crippen molar-refractivity contribution in [2.75, 3.05) is 0 Å². The normalized spacial score (nSPS) is 14.0. The predicted molar refractivity (Wildman–Crippen MR) is 95.7 cm³/mol. The van der Waals surface area contributed by atoms with E-state index in [1.54, 1.807) is 0 Å². The van der Waals surface area contributed by atoms with Gasteiger partial charge in [0, 0.05) is 5.41 Å². The van der Waals surface area contributed by atoms with Crippen molar-refractivity contribution in [2.24, 2.45) is 0 Å². The molecule has 0 amide bonds. The summed E-state index contributed by atoms with van der Waals surface area (Å²) < 4.78 is 0. The molecule has 0 spiro atoms. The largest absolute Gasteiger partial charge is 0.238 e. The smallest absolute Gasteiger partial charge is 0.187 e. The number of benzene rings is 3. The van der Waals surface area contributed by atoms with Crippen LogP contribution in [-0.2, 0) is 5.41 Å². The molecule has 0 saturated carbocycles. The molecule has 0 heterocycles. The molecule has 0 saturated heterocycles. The summed E-state index contributed by atoms with van der Waals surface area (Å²) in [6.07, 6.45) is 0. The van der Waals surface area contributed by atoms with Crippen molar-refractivity contribution in [3.8, 4) is 22.3 Å². The van der Waals surface area contributed by atoms with E-state index in [-0.39, 0.29) is 5.41 Å². The van der Waals surface area contributed by atoms with E-state index in [1.807, 2.05) is 18.2 Å². The summed E-state index contributed by atoms with van der Waals surface area (Å²) >= 11 is 0. The van der Waals surface area contributed by atoms with Crippen LogP contribution in [-0.4, -0.2) is 0 Å². The van der Waals surface area contributed by atoms with Crippen LogP contribution in [0.1, 0.15) is 25.0 Å². The fraction of sp³-hybridized carbons (Fsp3) is 0.136. The highest BCUT2D eigenvalue weighted by Crippen LogP contribution is 2.50. The van der Waals surface area contributed by atoms with Gasteiger partial charge in [-0.1, -0.05) is 74.5 Å². The first kappa shape index (κ1) is 13.8. The second-order valence-electron chi connectivity index (χ2n) is 6.59. The van der Waals surface area contributed by atoms with E-state index < -0.39 is 0 Å². The van der Waals surface area contributed by atoms with Crippen LogP contribution in [0.3, 0.4) is 0 Å². The standard InChI is InChI=1S/C22H17N/c1-22(2)20-13-16(15-7-5-4-6-8-15)9-11-18(20)19-12-10-17(23-3)14-21(19)22/h4-14H,1-2H3. The first-order chi connectivity index (χ1) is 11.1. The zero-order valence-corrected chi connectivity index (χ0v) is 13.3. The average molecular weight is 295 g/mol. The first-order valence-corrected chi connectivity index (χ1v) is 7.83. The third-order valence-electron chi connectivity index (χ3n) is 4.90. The average Bonchev–Trinajstić information content (AvgIpc) is 2.83. The Morgan fingerprint density at radius 2 is 1.39 bits per heavy atom. The van der Waals surface area contributed by atoms with E-state index >= 15 is 0 Å². The fourth-order valence-corrected chi connectivity index (χ4v) is 3.61. The minimum Gasteiger partial charge on any atom is -0.238 e. The Labute approximate surface area is 137 Å². The van der Waals surface area contributed by atoms with E-state index in [9.17, 15) is 0 Å². The molecule has 1 aliphatic rings. The topological polar surface area (TPSA) is 4.36 Å². The molecule has 1 nitrogen and oxygen atoms in total. The lowest BCUT2D eigenvalue weighted by atomic mass is 9.81. The van der Waals surface area contributed by atoms with Gasteiger partial charge in [-0.25, -0.2) is 4.85 Å². The maximum absolute atomic E-state index is 7.27. The van der Waals surface area contributed by atoms with Crippen molar-refractivity contribution in [3.05, 3.63) is 89.3 Å². The molecule has 4 rings (SSSR count). The first-order valence-electron chi connectivity index (χ1n) is 7.83. The lowest BCUT2D eigenvalue weighted by molar-refractivity contribution is 0.661. The van der Waals surface area contributed by atoms with Crippen molar-refractivity contribution >= 4 is 5.69 Å². The summed E-state index contributed by atoms with van der Waals surface area (Å²) in [6, 6.07) is 23.3. The Bertz CT molecular complexity index is 943. The van der Waals surface area contributed by atoms with Gasteiger partial charge >= 0.3 is 0 Å². The Hall–Kier alpha value is -2.85. The Morgan fingerprint density at radius 3 is 2.09 bits per heavy atom. The highest BCUT2D eigenvalue weighted by atomic mass is 14.6. The van der Waals surface area contributed by atoms with E-state index in [2.05, 4.69) is 67.2 Å². The number of rotatable bonds is 1. The molecule has 1 aliphatic carbocycles. The third-order valence-corrected chi connectivity index (χ3v) is 4.90. The molecule has 110 valence electrons. The summed E-state index contributed by atoms with van der Waals surface area (Å²) in [4.78, 5) is 3.59. The third kappa shape index (κ3) is 1.99. The Balaban J connectivity index is 1.92. The molecule has 0 aromatic heterocycles. The number of hydrogen-bond donors (Lipinski definition) is 0. The van der Waals surface area contributed by atoms with Crippen LogP contribution < -0.4 is 0 Å². The molecule has 3 aromatic rings. The molecule has 0 unspecified atom stereocenters. The van der Waals surface area contributed by atoms with Gasteiger partial charge in [0.1, 0.15) is 0 Å². The van der Waals surface area contributed by atoms with Gasteiger partial charge in [-0.05, 0) is 39.4 Å². The SMILES string of the molecule is [C-]#[N+]c1ccc2c(c1)C(C)(C)c1cc(-c3ccccc3)ccc1-2. The van der Waals surface area contributed by atoms with Crippen LogP contribution in [0.2, 0.25) is 0 Å². The van der Waals surface area contributed by atoms with Crippen LogP contribution in [0.15, 0.2) is 66.7 Å². The molecule has 0 fully saturated rings. The van der Waals surface area contributed by atoms with E-state index in [0.717, 1.165) is 0 Å². The highest BCUT2D eigenvalue weighted by Gasteiger charge is 2.35. The molecule has 3 aromatic carbocycles. The number of hydrogen-bond acceptors (Lipinski definition) is 0. The maximum Gasteiger partial charge on any atom is 0.187 e. The van der Waals surface area contributed by atoms with E-state index in [4.69, 9.17) is 6.57 Å². The van der Waals surface area contributed by atoms with E-state index in [0.29, 0.717) is 5.69 Å². The lowest BCUT2D eigenvalue weighted by Gasteiger charge is -2.22. The minimum absolute atomic E-state index is 0.0733. The Morgan fingerprint density at radius 1 is 0.739 bits per heavy atom. The van der Waals surface area contributed by atoms with Gasteiger partial charge in [0.2, 0.25) is 0 Å². The summed E-state index contributed by atoms with van der Waals surface area (Å²) in [5, 5.41) is 0. The van der Waals surface area contributed by atoms with Crippen molar-refractivity contribution in [2.45, 2.75) is 19.3 Å². The van der Waals surface area contributed by atoms with E-state index in [1.165, 1.54) is 33.4 Å². The van der Waals surface area contributed by atoms with Gasteiger partial charge in [0.25, 0.3) is 0 Å². The molecule has 0 N–H and O–H groups in total. The van der Waals surface area contributed by atoms with Crippen LogP contribution in [0, 0.1) is 6.57 Å². The second kappa shape index (κ2) is 4.83. The van der Waals surface area contributed by atoms with Gasteiger partial charge in [0.05, 0.1) is 6.57 Å². The van der Waals surface area contributed by atoms with Gasteiger partial charge < -0.3 is 0 Å². The van der Waals surface area contributed by atoms with Crippen molar-refractivity contribution < 1.29 is 0 Å². The lowest BCUT2D eigenvalue weighted by Crippen LogP contribution is -2.14. The molecule has 0 aliphatic heterocycles. The molecular formula is C22H17N. The minimum atomic E-state index is -0.0733. The zero-order chi connectivity index (χ0) is 16.0. The molecule has 23 heavy (non-hydrogen) atoms. The zero-order valence-electron chi connectivity index (χ0n) is 13.3. The highest BCUT2D eigenvalue weighted by molar-refractivity contribution is 5.84. The van der Waals surface area contributed by atoms with Gasteiger partial charge in [0.15, 0.2) is 5.69 Å². The molecule has 0 bridgehead atoms. The van der Waals surface area contributed by atoms with Crippen LogP contribution in [0.5, 0.6) is 0 Å². The van der Waals surface area contributed by atoms with Crippen LogP contribution in [0.4, 0.5) is 5.69 Å². The molecule has 0 radical (unpaired) electrons. The predicted octanol–water partition coefficient (Wildman–Crippen LogP) is 6.21. The summed E-state index contributed by atoms with van der Waals surface area (Å²) in [6.45, 7) is 11.8. The summed E-state index contributed by atoms with van der Waals surface area (Å²) in [7, 11) is 0. The van der Waals surface area contributed by atoms with Crippen molar-refractivity contribution in [1.82, 2.24) is 0 Å². The quantitative estimate of drug-likeness (QED) is 0.470. The van der Waals surface area contributed by atoms with Crippen LogP contribution in [0.25, 0.3) is 27.1 Å². The summed E-state index contributed by atoms with van der Waals surface area (Å²) in [5.74, 6) is 0.